The summed E-state index contributed by atoms with van der Waals surface area (Å²) in [5.41, 5.74) is 2.66. The molecule has 1 saturated heterocycles. The second-order valence-corrected chi connectivity index (χ2v) is 3.96. The smallest absolute Gasteiger partial charge is 0.0298 e. The van der Waals surface area contributed by atoms with Crippen LogP contribution in [0, 0.1) is 0 Å². The first kappa shape index (κ1) is 13.1. The van der Waals surface area contributed by atoms with Crippen LogP contribution in [0.2, 0.25) is 0 Å². The van der Waals surface area contributed by atoms with Crippen LogP contribution in [0.5, 0.6) is 0 Å². The highest BCUT2D eigenvalue weighted by molar-refractivity contribution is 5.85. The molecule has 0 saturated carbocycles. The minimum Gasteiger partial charge on any atom is -0.375 e. The number of benzene rings is 1. The molecule has 0 aromatic heterocycles. The lowest BCUT2D eigenvalue weighted by molar-refractivity contribution is 0.325. The molecule has 16 heavy (non-hydrogen) atoms. The molecular formula is C13H19ClN2. The second kappa shape index (κ2) is 6.56. The van der Waals surface area contributed by atoms with E-state index in [-0.39, 0.29) is 12.4 Å². The molecule has 0 spiro atoms. The van der Waals surface area contributed by atoms with Crippen molar-refractivity contribution in [1.29, 1.82) is 0 Å². The summed E-state index contributed by atoms with van der Waals surface area (Å²) >= 11 is 0. The van der Waals surface area contributed by atoms with E-state index < -0.39 is 0 Å². The first-order chi connectivity index (χ1) is 7.36. The number of nitrogens with one attached hydrogen (secondary N) is 1. The van der Waals surface area contributed by atoms with Crippen LogP contribution in [0.25, 0.3) is 5.57 Å². The molecule has 0 aliphatic carbocycles. The number of rotatable bonds is 2. The maximum Gasteiger partial charge on any atom is 0.0298 e. The van der Waals surface area contributed by atoms with Crippen LogP contribution in [-0.2, 0) is 0 Å². The highest BCUT2D eigenvalue weighted by Gasteiger charge is 2.05. The SMILES string of the molecule is CC(=CN1CCNCC1)c1ccccc1.Cl. The topological polar surface area (TPSA) is 15.3 Å². The van der Waals surface area contributed by atoms with Gasteiger partial charge in [-0.15, -0.1) is 12.4 Å². The molecule has 1 aliphatic rings. The Morgan fingerprint density at radius 1 is 1.19 bits per heavy atom. The maximum atomic E-state index is 3.36. The molecule has 0 amide bonds. The zero-order valence-electron chi connectivity index (χ0n) is 9.65. The molecule has 1 aromatic rings. The van der Waals surface area contributed by atoms with Gasteiger partial charge in [-0.3, -0.25) is 0 Å². The first-order valence-electron chi connectivity index (χ1n) is 5.55. The van der Waals surface area contributed by atoms with Gasteiger partial charge in [-0.05, 0) is 18.1 Å². The highest BCUT2D eigenvalue weighted by atomic mass is 35.5. The zero-order valence-corrected chi connectivity index (χ0v) is 10.5. The van der Waals surface area contributed by atoms with E-state index in [9.17, 15) is 0 Å². The van der Waals surface area contributed by atoms with Crippen LogP contribution < -0.4 is 5.32 Å². The Hall–Kier alpha value is -0.990. The quantitative estimate of drug-likeness (QED) is 0.851. The molecule has 1 N–H and O–H groups in total. The highest BCUT2D eigenvalue weighted by Crippen LogP contribution is 2.13. The lowest BCUT2D eigenvalue weighted by Gasteiger charge is -2.26. The third-order valence-corrected chi connectivity index (χ3v) is 2.76. The summed E-state index contributed by atoms with van der Waals surface area (Å²) in [5.74, 6) is 0. The van der Waals surface area contributed by atoms with Gasteiger partial charge in [0.2, 0.25) is 0 Å². The van der Waals surface area contributed by atoms with Crippen molar-refractivity contribution in [2.24, 2.45) is 0 Å². The van der Waals surface area contributed by atoms with E-state index in [1.807, 2.05) is 0 Å². The summed E-state index contributed by atoms with van der Waals surface area (Å²) in [6.07, 6.45) is 2.27. The van der Waals surface area contributed by atoms with E-state index >= 15 is 0 Å². The van der Waals surface area contributed by atoms with Gasteiger partial charge in [0.25, 0.3) is 0 Å². The molecule has 88 valence electrons. The Morgan fingerprint density at radius 3 is 2.44 bits per heavy atom. The van der Waals surface area contributed by atoms with Gasteiger partial charge in [0.1, 0.15) is 0 Å². The molecule has 3 heteroatoms. The van der Waals surface area contributed by atoms with Gasteiger partial charge >= 0.3 is 0 Å². The van der Waals surface area contributed by atoms with Crippen LogP contribution in [0.4, 0.5) is 0 Å². The van der Waals surface area contributed by atoms with Crippen molar-refractivity contribution in [3.8, 4) is 0 Å². The van der Waals surface area contributed by atoms with E-state index in [1.54, 1.807) is 0 Å². The van der Waals surface area contributed by atoms with E-state index in [0.717, 1.165) is 26.2 Å². The zero-order chi connectivity index (χ0) is 10.5. The molecule has 0 unspecified atom stereocenters. The standard InChI is InChI=1S/C13H18N2.ClH/c1-12(13-5-3-2-4-6-13)11-15-9-7-14-8-10-15;/h2-6,11,14H,7-10H2,1H3;1H. The molecule has 1 aliphatic heterocycles. The van der Waals surface area contributed by atoms with Crippen molar-refractivity contribution in [3.05, 3.63) is 42.1 Å². The molecule has 0 radical (unpaired) electrons. The van der Waals surface area contributed by atoms with Crippen LogP contribution in [-0.4, -0.2) is 31.1 Å². The summed E-state index contributed by atoms with van der Waals surface area (Å²) in [7, 11) is 0. The minimum atomic E-state index is 0. The van der Waals surface area contributed by atoms with Gasteiger partial charge in [-0.25, -0.2) is 0 Å². The fourth-order valence-corrected chi connectivity index (χ4v) is 1.86. The normalized spacial score (nSPS) is 16.8. The van der Waals surface area contributed by atoms with Crippen molar-refractivity contribution >= 4 is 18.0 Å². The fraction of sp³-hybridized carbons (Fsp3) is 0.385. The average Bonchev–Trinajstić information content (AvgIpc) is 2.31. The molecule has 1 heterocycles. The Bertz CT molecular complexity index is 329. The van der Waals surface area contributed by atoms with E-state index in [0.29, 0.717) is 0 Å². The minimum absolute atomic E-state index is 0. The Kier molecular flexibility index (Phi) is 5.36. The number of hydrogen-bond acceptors (Lipinski definition) is 2. The van der Waals surface area contributed by atoms with Gasteiger partial charge in [0.05, 0.1) is 0 Å². The third kappa shape index (κ3) is 3.54. The second-order valence-electron chi connectivity index (χ2n) is 3.96. The summed E-state index contributed by atoms with van der Waals surface area (Å²) in [5, 5.41) is 3.36. The van der Waals surface area contributed by atoms with Crippen LogP contribution in [0.3, 0.4) is 0 Å². The predicted octanol–water partition coefficient (Wildman–Crippen LogP) is 2.37. The summed E-state index contributed by atoms with van der Waals surface area (Å²) in [6, 6.07) is 10.6. The lowest BCUT2D eigenvalue weighted by Crippen LogP contribution is -2.40. The van der Waals surface area contributed by atoms with E-state index in [4.69, 9.17) is 0 Å². The van der Waals surface area contributed by atoms with Gasteiger partial charge < -0.3 is 10.2 Å². The summed E-state index contributed by atoms with van der Waals surface area (Å²) < 4.78 is 0. The molecule has 0 bridgehead atoms. The van der Waals surface area contributed by atoms with Crippen LogP contribution in [0.15, 0.2) is 36.5 Å². The van der Waals surface area contributed by atoms with Gasteiger partial charge in [0.15, 0.2) is 0 Å². The first-order valence-corrected chi connectivity index (χ1v) is 5.55. The monoisotopic (exact) mass is 238 g/mol. The molecule has 1 fully saturated rings. The molecular weight excluding hydrogens is 220 g/mol. The van der Waals surface area contributed by atoms with Crippen LogP contribution >= 0.6 is 12.4 Å². The summed E-state index contributed by atoms with van der Waals surface area (Å²) in [6.45, 7) is 6.60. The van der Waals surface area contributed by atoms with Crippen molar-refractivity contribution in [3.63, 3.8) is 0 Å². The van der Waals surface area contributed by atoms with Gasteiger partial charge in [0, 0.05) is 32.4 Å². The Morgan fingerprint density at radius 2 is 1.81 bits per heavy atom. The largest absolute Gasteiger partial charge is 0.375 e. The van der Waals surface area contributed by atoms with E-state index in [1.165, 1.54) is 11.1 Å². The average molecular weight is 239 g/mol. The predicted molar refractivity (Wildman–Crippen MR) is 71.8 cm³/mol. The van der Waals surface area contributed by atoms with Crippen LogP contribution in [0.1, 0.15) is 12.5 Å². The van der Waals surface area contributed by atoms with Gasteiger partial charge in [-0.2, -0.15) is 0 Å². The molecule has 2 nitrogen and oxygen atoms in total. The van der Waals surface area contributed by atoms with Gasteiger partial charge in [-0.1, -0.05) is 30.3 Å². The molecule has 0 atom stereocenters. The number of piperazine rings is 1. The number of nitrogens with zero attached hydrogens (tertiary/aromatic N) is 1. The van der Waals surface area contributed by atoms with E-state index in [2.05, 4.69) is 53.7 Å². The number of hydrogen-bond donors (Lipinski definition) is 1. The van der Waals surface area contributed by atoms with Crippen molar-refractivity contribution in [2.75, 3.05) is 26.2 Å². The number of halogens is 1. The number of allylic oxidation sites excluding steroid dienone is 1. The van der Waals surface area contributed by atoms with Crippen molar-refractivity contribution in [2.45, 2.75) is 6.92 Å². The Balaban J connectivity index is 0.00000128. The Labute approximate surface area is 104 Å². The lowest BCUT2D eigenvalue weighted by atomic mass is 10.1. The summed E-state index contributed by atoms with van der Waals surface area (Å²) in [4.78, 5) is 2.39. The van der Waals surface area contributed by atoms with Crippen molar-refractivity contribution < 1.29 is 0 Å². The molecule has 2 rings (SSSR count). The third-order valence-electron chi connectivity index (χ3n) is 2.76. The molecule has 1 aromatic carbocycles. The fourth-order valence-electron chi connectivity index (χ4n) is 1.86. The maximum absolute atomic E-state index is 3.36. The van der Waals surface area contributed by atoms with Crippen molar-refractivity contribution in [1.82, 2.24) is 10.2 Å².